The fourth-order valence-corrected chi connectivity index (χ4v) is 1.96. The molecule has 0 bridgehead atoms. The van der Waals surface area contributed by atoms with Crippen LogP contribution in [0.3, 0.4) is 0 Å². The van der Waals surface area contributed by atoms with Crippen LogP contribution in [0.1, 0.15) is 17.5 Å². The van der Waals surface area contributed by atoms with E-state index in [1.165, 1.54) is 6.07 Å². The molecular weight excluding hydrogens is 181 g/mol. The van der Waals surface area contributed by atoms with Gasteiger partial charge >= 0.3 is 0 Å². The molecule has 0 amide bonds. The average Bonchev–Trinajstić information content (AvgIpc) is 2.16. The topological polar surface area (TPSA) is 35.2 Å². The van der Waals surface area contributed by atoms with Gasteiger partial charge in [0.25, 0.3) is 0 Å². The van der Waals surface area contributed by atoms with Crippen molar-refractivity contribution in [3.8, 4) is 5.75 Å². The van der Waals surface area contributed by atoms with Gasteiger partial charge < -0.3 is 10.5 Å². The zero-order chi connectivity index (χ0) is 10.1. The second-order valence-corrected chi connectivity index (χ2v) is 3.75. The quantitative estimate of drug-likeness (QED) is 0.739. The van der Waals surface area contributed by atoms with Gasteiger partial charge in [-0.1, -0.05) is 0 Å². The van der Waals surface area contributed by atoms with Crippen molar-refractivity contribution in [2.24, 2.45) is 5.73 Å². The molecule has 0 spiro atoms. The fraction of sp³-hybridized carbons (Fsp3) is 0.455. The van der Waals surface area contributed by atoms with E-state index >= 15 is 0 Å². The summed E-state index contributed by atoms with van der Waals surface area (Å²) in [7, 11) is 1.55. The first-order chi connectivity index (χ1) is 6.70. The highest BCUT2D eigenvalue weighted by molar-refractivity contribution is 5.39. The summed E-state index contributed by atoms with van der Waals surface area (Å²) in [5.41, 5.74) is 7.64. The molecule has 2 rings (SSSR count). The molecule has 1 atom stereocenters. The highest BCUT2D eigenvalue weighted by Gasteiger charge is 2.19. The van der Waals surface area contributed by atoms with Gasteiger partial charge in [0.2, 0.25) is 0 Å². The maximum absolute atomic E-state index is 13.5. The number of nitrogens with two attached hydrogens (primary N) is 1. The van der Waals surface area contributed by atoms with Crippen LogP contribution in [-0.4, -0.2) is 13.2 Å². The van der Waals surface area contributed by atoms with Crippen molar-refractivity contribution in [2.75, 3.05) is 7.11 Å². The summed E-state index contributed by atoms with van der Waals surface area (Å²) in [6.45, 7) is 0. The van der Waals surface area contributed by atoms with Gasteiger partial charge in [-0.15, -0.1) is 0 Å². The Kier molecular flexibility index (Phi) is 2.42. The van der Waals surface area contributed by atoms with E-state index in [0.29, 0.717) is 5.75 Å². The summed E-state index contributed by atoms with van der Waals surface area (Å²) in [5, 5.41) is 0. The number of halogens is 1. The lowest BCUT2D eigenvalue weighted by molar-refractivity contribution is 0.408. The number of methoxy groups -OCH3 is 1. The standard InChI is InChI=1S/C11H14FNO/c1-14-9-5-7-4-8(13)2-3-10(7)11(12)6-9/h5-6,8H,2-4,13H2,1H3/t8-/m0/s1. The lowest BCUT2D eigenvalue weighted by Crippen LogP contribution is -2.28. The number of ether oxygens (including phenoxy) is 1. The summed E-state index contributed by atoms with van der Waals surface area (Å²) in [6, 6.07) is 3.49. The van der Waals surface area contributed by atoms with E-state index in [2.05, 4.69) is 0 Å². The maximum Gasteiger partial charge on any atom is 0.130 e. The van der Waals surface area contributed by atoms with Crippen molar-refractivity contribution < 1.29 is 9.13 Å². The number of hydrogen-bond donors (Lipinski definition) is 1. The summed E-state index contributed by atoms with van der Waals surface area (Å²) in [5.74, 6) is 0.418. The molecule has 2 nitrogen and oxygen atoms in total. The van der Waals surface area contributed by atoms with E-state index in [-0.39, 0.29) is 11.9 Å². The molecular formula is C11H14FNO. The van der Waals surface area contributed by atoms with E-state index in [0.717, 1.165) is 30.4 Å². The third kappa shape index (κ3) is 1.60. The van der Waals surface area contributed by atoms with E-state index in [9.17, 15) is 4.39 Å². The molecule has 1 aromatic carbocycles. The van der Waals surface area contributed by atoms with Gasteiger partial charge in [-0.3, -0.25) is 0 Å². The molecule has 3 heteroatoms. The zero-order valence-electron chi connectivity index (χ0n) is 8.22. The molecule has 0 radical (unpaired) electrons. The van der Waals surface area contributed by atoms with Crippen molar-refractivity contribution in [1.29, 1.82) is 0 Å². The predicted octanol–water partition coefficient (Wildman–Crippen LogP) is 1.65. The number of hydrogen-bond acceptors (Lipinski definition) is 2. The summed E-state index contributed by atoms with van der Waals surface area (Å²) in [6.07, 6.45) is 2.37. The molecule has 76 valence electrons. The van der Waals surface area contributed by atoms with Gasteiger partial charge in [0, 0.05) is 12.1 Å². The highest BCUT2D eigenvalue weighted by atomic mass is 19.1. The number of rotatable bonds is 1. The van der Waals surface area contributed by atoms with E-state index < -0.39 is 0 Å². The van der Waals surface area contributed by atoms with E-state index in [1.807, 2.05) is 6.07 Å². The van der Waals surface area contributed by atoms with Gasteiger partial charge in [0.05, 0.1) is 7.11 Å². The second kappa shape index (κ2) is 3.58. The summed E-state index contributed by atoms with van der Waals surface area (Å²) < 4.78 is 18.5. The van der Waals surface area contributed by atoms with Crippen molar-refractivity contribution in [2.45, 2.75) is 25.3 Å². The van der Waals surface area contributed by atoms with Crippen LogP contribution in [-0.2, 0) is 12.8 Å². The smallest absolute Gasteiger partial charge is 0.130 e. The Morgan fingerprint density at radius 1 is 1.50 bits per heavy atom. The van der Waals surface area contributed by atoms with Crippen molar-refractivity contribution in [3.05, 3.63) is 29.1 Å². The first kappa shape index (κ1) is 9.46. The van der Waals surface area contributed by atoms with Gasteiger partial charge in [-0.05, 0) is 36.5 Å². The van der Waals surface area contributed by atoms with Crippen molar-refractivity contribution >= 4 is 0 Å². The van der Waals surface area contributed by atoms with Crippen LogP contribution in [0.5, 0.6) is 5.75 Å². The third-order valence-corrected chi connectivity index (χ3v) is 2.74. The molecule has 0 aromatic heterocycles. The molecule has 0 heterocycles. The maximum atomic E-state index is 13.5. The monoisotopic (exact) mass is 195 g/mol. The van der Waals surface area contributed by atoms with Gasteiger partial charge in [0.15, 0.2) is 0 Å². The molecule has 1 aliphatic carbocycles. The second-order valence-electron chi connectivity index (χ2n) is 3.75. The van der Waals surface area contributed by atoms with Gasteiger partial charge in [-0.2, -0.15) is 0 Å². The Labute approximate surface area is 82.9 Å². The Hall–Kier alpha value is -1.09. The van der Waals surface area contributed by atoms with E-state index in [1.54, 1.807) is 7.11 Å². The zero-order valence-corrected chi connectivity index (χ0v) is 8.22. The fourth-order valence-electron chi connectivity index (χ4n) is 1.96. The molecule has 2 N–H and O–H groups in total. The van der Waals surface area contributed by atoms with Gasteiger partial charge in [-0.25, -0.2) is 4.39 Å². The van der Waals surface area contributed by atoms with Crippen LogP contribution in [0.2, 0.25) is 0 Å². The summed E-state index contributed by atoms with van der Waals surface area (Å²) >= 11 is 0. The number of benzene rings is 1. The van der Waals surface area contributed by atoms with Crippen LogP contribution < -0.4 is 10.5 Å². The molecule has 0 saturated heterocycles. The largest absolute Gasteiger partial charge is 0.497 e. The minimum atomic E-state index is -0.161. The molecule has 0 unspecified atom stereocenters. The molecule has 14 heavy (non-hydrogen) atoms. The molecule has 1 aromatic rings. The van der Waals surface area contributed by atoms with Crippen LogP contribution in [0.4, 0.5) is 4.39 Å². The molecule has 0 saturated carbocycles. The SMILES string of the molecule is COc1cc(F)c2c(c1)C[C@@H](N)CC2. The normalized spacial score (nSPS) is 20.4. The van der Waals surface area contributed by atoms with Crippen LogP contribution in [0.15, 0.2) is 12.1 Å². The average molecular weight is 195 g/mol. The van der Waals surface area contributed by atoms with Crippen LogP contribution in [0.25, 0.3) is 0 Å². The lowest BCUT2D eigenvalue weighted by Gasteiger charge is -2.22. The molecule has 0 fully saturated rings. The highest BCUT2D eigenvalue weighted by Crippen LogP contribution is 2.27. The van der Waals surface area contributed by atoms with Gasteiger partial charge in [0.1, 0.15) is 11.6 Å². The predicted molar refractivity (Wildman–Crippen MR) is 53.0 cm³/mol. The minimum Gasteiger partial charge on any atom is -0.497 e. The molecule has 1 aliphatic rings. The third-order valence-electron chi connectivity index (χ3n) is 2.74. The Bertz CT molecular complexity index is 351. The summed E-state index contributed by atoms with van der Waals surface area (Å²) in [4.78, 5) is 0. The minimum absolute atomic E-state index is 0.161. The lowest BCUT2D eigenvalue weighted by atomic mass is 9.88. The first-order valence-corrected chi connectivity index (χ1v) is 4.81. The van der Waals surface area contributed by atoms with Crippen molar-refractivity contribution in [3.63, 3.8) is 0 Å². The number of fused-ring (bicyclic) bond motifs is 1. The Morgan fingerprint density at radius 2 is 2.29 bits per heavy atom. The Morgan fingerprint density at radius 3 is 3.00 bits per heavy atom. The first-order valence-electron chi connectivity index (χ1n) is 4.81. The molecule has 0 aliphatic heterocycles. The van der Waals surface area contributed by atoms with E-state index in [4.69, 9.17) is 10.5 Å². The van der Waals surface area contributed by atoms with Crippen LogP contribution in [0, 0.1) is 5.82 Å². The van der Waals surface area contributed by atoms with Crippen molar-refractivity contribution in [1.82, 2.24) is 0 Å². The Balaban J connectivity index is 2.43. The van der Waals surface area contributed by atoms with Crippen LogP contribution >= 0.6 is 0 Å².